The molecule has 1 aromatic heterocycles. The Morgan fingerprint density at radius 2 is 2.33 bits per heavy atom. The third-order valence-corrected chi connectivity index (χ3v) is 3.31. The molecular weight excluding hydrogens is 274 g/mol. The fraction of sp³-hybridized carbons (Fsp3) is 0.167. The van der Waals surface area contributed by atoms with Crippen molar-refractivity contribution >= 4 is 28.9 Å². The van der Waals surface area contributed by atoms with Crippen LogP contribution >= 0.6 is 22.9 Å². The number of carbonyl (C=O) groups is 1. The number of benzene rings is 1. The van der Waals surface area contributed by atoms with Crippen LogP contribution in [0.5, 0.6) is 5.75 Å². The van der Waals surface area contributed by atoms with Crippen LogP contribution in [0.4, 0.5) is 0 Å². The molecule has 1 aromatic carbocycles. The monoisotopic (exact) mass is 283 g/mol. The zero-order valence-corrected chi connectivity index (χ0v) is 11.1. The Kier molecular flexibility index (Phi) is 3.84. The highest BCUT2D eigenvalue weighted by Gasteiger charge is 2.14. The number of hydrogen-bond donors (Lipinski definition) is 1. The molecule has 0 saturated carbocycles. The van der Waals surface area contributed by atoms with Gasteiger partial charge in [0.25, 0.3) is 0 Å². The van der Waals surface area contributed by atoms with Gasteiger partial charge in [-0.25, -0.2) is 9.78 Å². The van der Waals surface area contributed by atoms with Gasteiger partial charge in [0.05, 0.1) is 12.2 Å². The number of ether oxygens (including phenoxy) is 1. The summed E-state index contributed by atoms with van der Waals surface area (Å²) >= 11 is 7.19. The minimum atomic E-state index is -1.04. The summed E-state index contributed by atoms with van der Waals surface area (Å²) in [6.45, 7) is 2.40. The van der Waals surface area contributed by atoms with Gasteiger partial charge in [-0.1, -0.05) is 11.6 Å². The summed E-state index contributed by atoms with van der Waals surface area (Å²) in [6.07, 6.45) is 0. The summed E-state index contributed by atoms with van der Waals surface area (Å²) in [5.74, 6) is -0.398. The van der Waals surface area contributed by atoms with E-state index in [1.807, 2.05) is 6.92 Å². The maximum absolute atomic E-state index is 10.8. The van der Waals surface area contributed by atoms with Crippen LogP contribution in [0.2, 0.25) is 5.02 Å². The van der Waals surface area contributed by atoms with E-state index in [0.29, 0.717) is 28.0 Å². The number of hydrogen-bond acceptors (Lipinski definition) is 4. The molecule has 0 aliphatic heterocycles. The van der Waals surface area contributed by atoms with Gasteiger partial charge in [0.15, 0.2) is 5.69 Å². The average molecular weight is 284 g/mol. The van der Waals surface area contributed by atoms with Crippen molar-refractivity contribution in [3.05, 3.63) is 34.3 Å². The molecule has 6 heteroatoms. The lowest BCUT2D eigenvalue weighted by Crippen LogP contribution is -1.97. The molecular formula is C12H10ClNO3S. The molecule has 1 N–H and O–H groups in total. The third-order valence-electron chi connectivity index (χ3n) is 2.20. The minimum absolute atomic E-state index is 0.0254. The Morgan fingerprint density at radius 3 is 2.94 bits per heavy atom. The molecule has 1 heterocycles. The lowest BCUT2D eigenvalue weighted by Gasteiger charge is -2.08. The van der Waals surface area contributed by atoms with Crippen molar-refractivity contribution in [2.75, 3.05) is 6.61 Å². The number of aromatic nitrogens is 1. The molecule has 0 spiro atoms. The highest BCUT2D eigenvalue weighted by molar-refractivity contribution is 7.13. The van der Waals surface area contributed by atoms with E-state index in [1.165, 1.54) is 16.7 Å². The van der Waals surface area contributed by atoms with Crippen molar-refractivity contribution in [1.82, 2.24) is 4.98 Å². The largest absolute Gasteiger partial charge is 0.493 e. The molecule has 0 bridgehead atoms. The van der Waals surface area contributed by atoms with Gasteiger partial charge in [0, 0.05) is 10.4 Å². The summed E-state index contributed by atoms with van der Waals surface area (Å²) in [7, 11) is 0. The van der Waals surface area contributed by atoms with Gasteiger partial charge in [0.1, 0.15) is 10.8 Å². The number of aromatic carboxylic acids is 1. The van der Waals surface area contributed by atoms with Gasteiger partial charge >= 0.3 is 5.97 Å². The standard InChI is InChI=1S/C12H10ClNO3S/c1-2-17-10-4-3-7(13)5-8(10)11-14-9(6-18-11)12(15)16/h3-6H,2H2,1H3,(H,15,16). The maximum Gasteiger partial charge on any atom is 0.355 e. The molecule has 2 rings (SSSR count). The van der Waals surface area contributed by atoms with Crippen LogP contribution in [-0.4, -0.2) is 22.7 Å². The Labute approximate surface area is 113 Å². The lowest BCUT2D eigenvalue weighted by atomic mass is 10.2. The van der Waals surface area contributed by atoms with Crippen LogP contribution < -0.4 is 4.74 Å². The molecule has 0 radical (unpaired) electrons. The smallest absolute Gasteiger partial charge is 0.355 e. The SMILES string of the molecule is CCOc1ccc(Cl)cc1-c1nc(C(=O)O)cs1. The summed E-state index contributed by atoms with van der Waals surface area (Å²) in [4.78, 5) is 14.9. The fourth-order valence-electron chi connectivity index (χ4n) is 1.45. The van der Waals surface area contributed by atoms with Crippen molar-refractivity contribution in [2.24, 2.45) is 0 Å². The second kappa shape index (κ2) is 5.37. The van der Waals surface area contributed by atoms with Crippen LogP contribution in [0.25, 0.3) is 10.6 Å². The Morgan fingerprint density at radius 1 is 1.56 bits per heavy atom. The Hall–Kier alpha value is -1.59. The first-order valence-electron chi connectivity index (χ1n) is 5.23. The van der Waals surface area contributed by atoms with Gasteiger partial charge in [-0.2, -0.15) is 0 Å². The first-order valence-corrected chi connectivity index (χ1v) is 6.49. The lowest BCUT2D eigenvalue weighted by molar-refractivity contribution is 0.0691. The van der Waals surface area contributed by atoms with Crippen molar-refractivity contribution < 1.29 is 14.6 Å². The van der Waals surface area contributed by atoms with E-state index < -0.39 is 5.97 Å². The number of nitrogens with zero attached hydrogens (tertiary/aromatic N) is 1. The molecule has 0 atom stereocenters. The van der Waals surface area contributed by atoms with E-state index in [4.69, 9.17) is 21.4 Å². The molecule has 0 fully saturated rings. The Balaban J connectivity index is 2.47. The molecule has 0 aliphatic rings. The predicted octanol–water partition coefficient (Wildman–Crippen LogP) is 3.56. The quantitative estimate of drug-likeness (QED) is 0.932. The first kappa shape index (κ1) is 12.9. The molecule has 18 heavy (non-hydrogen) atoms. The number of carboxylic acid groups (broad SMARTS) is 1. The topological polar surface area (TPSA) is 59.4 Å². The van der Waals surface area contributed by atoms with Crippen LogP contribution in [0.1, 0.15) is 17.4 Å². The zero-order chi connectivity index (χ0) is 13.1. The molecule has 0 saturated heterocycles. The predicted molar refractivity (Wildman–Crippen MR) is 70.7 cm³/mol. The normalized spacial score (nSPS) is 10.3. The zero-order valence-electron chi connectivity index (χ0n) is 9.51. The molecule has 2 aromatic rings. The number of halogens is 1. The van der Waals surface area contributed by atoms with Gasteiger partial charge in [-0.05, 0) is 25.1 Å². The van der Waals surface area contributed by atoms with Crippen molar-refractivity contribution in [3.8, 4) is 16.3 Å². The van der Waals surface area contributed by atoms with E-state index in [2.05, 4.69) is 4.98 Å². The molecule has 94 valence electrons. The summed E-state index contributed by atoms with van der Waals surface area (Å²) in [6, 6.07) is 5.20. The van der Waals surface area contributed by atoms with Gasteiger partial charge < -0.3 is 9.84 Å². The van der Waals surface area contributed by atoms with Gasteiger partial charge in [-0.15, -0.1) is 11.3 Å². The van der Waals surface area contributed by atoms with Gasteiger partial charge in [0.2, 0.25) is 0 Å². The van der Waals surface area contributed by atoms with Crippen LogP contribution in [0.15, 0.2) is 23.6 Å². The van der Waals surface area contributed by atoms with E-state index >= 15 is 0 Å². The number of thiazole rings is 1. The highest BCUT2D eigenvalue weighted by Crippen LogP contribution is 2.34. The van der Waals surface area contributed by atoms with Crippen LogP contribution in [0.3, 0.4) is 0 Å². The maximum atomic E-state index is 10.8. The van der Waals surface area contributed by atoms with Gasteiger partial charge in [-0.3, -0.25) is 0 Å². The number of rotatable bonds is 4. The first-order chi connectivity index (χ1) is 8.61. The summed E-state index contributed by atoms with van der Waals surface area (Å²) in [5, 5.41) is 11.5. The van der Waals surface area contributed by atoms with E-state index in [-0.39, 0.29) is 5.69 Å². The molecule has 0 unspecified atom stereocenters. The second-order valence-corrected chi connectivity index (χ2v) is 4.71. The molecule has 0 amide bonds. The second-order valence-electron chi connectivity index (χ2n) is 3.42. The Bertz CT molecular complexity index is 582. The summed E-state index contributed by atoms with van der Waals surface area (Å²) < 4.78 is 5.48. The van der Waals surface area contributed by atoms with E-state index in [1.54, 1.807) is 18.2 Å². The summed E-state index contributed by atoms with van der Waals surface area (Å²) in [5.41, 5.74) is 0.735. The number of carboxylic acids is 1. The van der Waals surface area contributed by atoms with Crippen molar-refractivity contribution in [3.63, 3.8) is 0 Å². The van der Waals surface area contributed by atoms with Crippen molar-refractivity contribution in [2.45, 2.75) is 6.92 Å². The van der Waals surface area contributed by atoms with E-state index in [9.17, 15) is 4.79 Å². The third kappa shape index (κ3) is 2.63. The van der Waals surface area contributed by atoms with Crippen molar-refractivity contribution in [1.29, 1.82) is 0 Å². The fourth-order valence-corrected chi connectivity index (χ4v) is 2.43. The highest BCUT2D eigenvalue weighted by atomic mass is 35.5. The van der Waals surface area contributed by atoms with E-state index in [0.717, 1.165) is 0 Å². The van der Waals surface area contributed by atoms with Crippen LogP contribution in [-0.2, 0) is 0 Å². The molecule has 4 nitrogen and oxygen atoms in total. The average Bonchev–Trinajstić information content (AvgIpc) is 2.81. The van der Waals surface area contributed by atoms with Crippen LogP contribution in [0, 0.1) is 0 Å². The molecule has 0 aliphatic carbocycles. The minimum Gasteiger partial charge on any atom is -0.493 e.